The molecule has 0 aromatic heterocycles. The Labute approximate surface area is 89.7 Å². The first-order valence-electron chi connectivity index (χ1n) is 5.29. The lowest BCUT2D eigenvalue weighted by Gasteiger charge is -2.30. The fraction of sp³-hybridized carbons (Fsp3) is 0.417. The molecule has 1 heterocycles. The van der Waals surface area contributed by atoms with Crippen molar-refractivity contribution < 1.29 is 9.53 Å². The van der Waals surface area contributed by atoms with Gasteiger partial charge >= 0.3 is 0 Å². The first-order chi connectivity index (χ1) is 7.35. The van der Waals surface area contributed by atoms with Gasteiger partial charge in [0.2, 0.25) is 0 Å². The quantitative estimate of drug-likeness (QED) is 0.703. The summed E-state index contributed by atoms with van der Waals surface area (Å²) in [6.45, 7) is 4.02. The monoisotopic (exact) mass is 205 g/mol. The molecule has 80 valence electrons. The van der Waals surface area contributed by atoms with Gasteiger partial charge in [-0.25, -0.2) is 0 Å². The molecule has 3 nitrogen and oxygen atoms in total. The van der Waals surface area contributed by atoms with Gasteiger partial charge in [-0.15, -0.1) is 0 Å². The summed E-state index contributed by atoms with van der Waals surface area (Å²) in [6, 6.07) is 6.17. The highest BCUT2D eigenvalue weighted by Gasteiger charge is 2.17. The van der Waals surface area contributed by atoms with Gasteiger partial charge in [0.25, 0.3) is 0 Å². The van der Waals surface area contributed by atoms with Crippen LogP contribution in [0.25, 0.3) is 0 Å². The molecule has 0 bridgehead atoms. The SMILES string of the molecule is CCc1ccc2c(c1)N(CC=O)CCO2. The van der Waals surface area contributed by atoms with Crippen molar-refractivity contribution in [2.75, 3.05) is 24.6 Å². The molecule has 0 aliphatic carbocycles. The van der Waals surface area contributed by atoms with E-state index < -0.39 is 0 Å². The number of anilines is 1. The second-order valence-corrected chi connectivity index (χ2v) is 3.62. The fourth-order valence-electron chi connectivity index (χ4n) is 1.82. The Hall–Kier alpha value is -1.51. The number of ether oxygens (including phenoxy) is 1. The highest BCUT2D eigenvalue weighted by atomic mass is 16.5. The van der Waals surface area contributed by atoms with Gasteiger partial charge in [-0.3, -0.25) is 0 Å². The van der Waals surface area contributed by atoms with Crippen LogP contribution in [0.1, 0.15) is 12.5 Å². The highest BCUT2D eigenvalue weighted by molar-refractivity contribution is 5.67. The molecule has 0 fully saturated rings. The molecular weight excluding hydrogens is 190 g/mol. The Bertz CT molecular complexity index is 363. The van der Waals surface area contributed by atoms with Crippen LogP contribution in [-0.4, -0.2) is 26.0 Å². The fourth-order valence-corrected chi connectivity index (χ4v) is 1.82. The van der Waals surface area contributed by atoms with Crippen molar-refractivity contribution in [2.45, 2.75) is 13.3 Å². The van der Waals surface area contributed by atoms with Crippen molar-refractivity contribution in [1.82, 2.24) is 0 Å². The molecule has 0 atom stereocenters. The van der Waals surface area contributed by atoms with Crippen molar-refractivity contribution in [1.29, 1.82) is 0 Å². The van der Waals surface area contributed by atoms with E-state index in [1.165, 1.54) is 5.56 Å². The molecule has 2 rings (SSSR count). The van der Waals surface area contributed by atoms with Crippen molar-refractivity contribution in [3.8, 4) is 5.75 Å². The minimum atomic E-state index is 0.448. The molecule has 1 aliphatic rings. The summed E-state index contributed by atoms with van der Waals surface area (Å²) >= 11 is 0. The summed E-state index contributed by atoms with van der Waals surface area (Å²) in [6.07, 6.45) is 1.94. The van der Waals surface area contributed by atoms with Crippen molar-refractivity contribution in [3.63, 3.8) is 0 Å². The summed E-state index contributed by atoms with van der Waals surface area (Å²) in [5, 5.41) is 0. The summed E-state index contributed by atoms with van der Waals surface area (Å²) < 4.78 is 5.54. The lowest BCUT2D eigenvalue weighted by molar-refractivity contribution is -0.106. The van der Waals surface area contributed by atoms with E-state index in [1.54, 1.807) is 0 Å². The van der Waals surface area contributed by atoms with Gasteiger partial charge in [-0.2, -0.15) is 0 Å². The van der Waals surface area contributed by atoms with Crippen LogP contribution in [0.5, 0.6) is 5.75 Å². The summed E-state index contributed by atoms with van der Waals surface area (Å²) in [5.41, 5.74) is 2.32. The molecule has 15 heavy (non-hydrogen) atoms. The number of aldehydes is 1. The first kappa shape index (κ1) is 10.0. The number of fused-ring (bicyclic) bond motifs is 1. The number of hydrogen-bond donors (Lipinski definition) is 0. The van der Waals surface area contributed by atoms with Crippen LogP contribution in [0.4, 0.5) is 5.69 Å². The summed E-state index contributed by atoms with van der Waals surface area (Å²) in [7, 11) is 0. The Morgan fingerprint density at radius 1 is 1.53 bits per heavy atom. The largest absolute Gasteiger partial charge is 0.490 e. The smallest absolute Gasteiger partial charge is 0.142 e. The molecule has 1 aliphatic heterocycles. The molecule has 1 aromatic carbocycles. The predicted octanol–water partition coefficient (Wildman–Crippen LogP) is 1.65. The molecular formula is C12H15NO2. The number of rotatable bonds is 3. The third-order valence-electron chi connectivity index (χ3n) is 2.69. The number of benzene rings is 1. The van der Waals surface area contributed by atoms with Crippen LogP contribution in [0, 0.1) is 0 Å². The number of carbonyl (C=O) groups is 1. The number of hydrogen-bond acceptors (Lipinski definition) is 3. The number of nitrogens with zero attached hydrogens (tertiary/aromatic N) is 1. The van der Waals surface area contributed by atoms with Gasteiger partial charge in [-0.1, -0.05) is 13.0 Å². The number of carbonyl (C=O) groups excluding carboxylic acids is 1. The topological polar surface area (TPSA) is 29.5 Å². The Kier molecular flexibility index (Phi) is 2.90. The maximum Gasteiger partial charge on any atom is 0.142 e. The standard InChI is InChI=1S/C12H15NO2/c1-2-10-3-4-12-11(9-10)13(5-7-14)6-8-15-12/h3-4,7,9H,2,5-6,8H2,1H3. The van der Waals surface area contributed by atoms with E-state index in [0.29, 0.717) is 13.2 Å². The predicted molar refractivity (Wildman–Crippen MR) is 59.6 cm³/mol. The normalized spacial score (nSPS) is 14.3. The van der Waals surface area contributed by atoms with Gasteiger partial charge in [-0.05, 0) is 24.1 Å². The first-order valence-corrected chi connectivity index (χ1v) is 5.29. The van der Waals surface area contributed by atoms with Gasteiger partial charge in [0.05, 0.1) is 18.8 Å². The van der Waals surface area contributed by atoms with Crippen molar-refractivity contribution in [2.24, 2.45) is 0 Å². The zero-order chi connectivity index (χ0) is 10.7. The average molecular weight is 205 g/mol. The van der Waals surface area contributed by atoms with Crippen LogP contribution in [0.3, 0.4) is 0 Å². The van der Waals surface area contributed by atoms with Gasteiger partial charge in [0.15, 0.2) is 0 Å². The molecule has 1 aromatic rings. The van der Waals surface area contributed by atoms with Gasteiger partial charge < -0.3 is 14.4 Å². The van der Waals surface area contributed by atoms with E-state index >= 15 is 0 Å². The van der Waals surface area contributed by atoms with Gasteiger partial charge in [0.1, 0.15) is 18.6 Å². The van der Waals surface area contributed by atoms with Gasteiger partial charge in [0, 0.05) is 0 Å². The van der Waals surface area contributed by atoms with E-state index in [0.717, 1.165) is 30.7 Å². The zero-order valence-corrected chi connectivity index (χ0v) is 8.90. The van der Waals surface area contributed by atoms with E-state index in [-0.39, 0.29) is 0 Å². The molecule has 3 heteroatoms. The van der Waals surface area contributed by atoms with Crippen molar-refractivity contribution in [3.05, 3.63) is 23.8 Å². The summed E-state index contributed by atoms with van der Waals surface area (Å²) in [4.78, 5) is 12.6. The lowest BCUT2D eigenvalue weighted by Crippen LogP contribution is -2.34. The Morgan fingerprint density at radius 2 is 2.40 bits per heavy atom. The minimum Gasteiger partial charge on any atom is -0.490 e. The molecule has 0 saturated carbocycles. The Balaban J connectivity index is 2.34. The van der Waals surface area contributed by atoms with Crippen LogP contribution in [-0.2, 0) is 11.2 Å². The average Bonchev–Trinajstić information content (AvgIpc) is 2.29. The molecule has 0 amide bonds. The van der Waals surface area contributed by atoms with Crippen LogP contribution in [0.15, 0.2) is 18.2 Å². The highest BCUT2D eigenvalue weighted by Crippen LogP contribution is 2.32. The maximum atomic E-state index is 10.6. The molecule has 0 unspecified atom stereocenters. The number of aryl methyl sites for hydroxylation is 1. The van der Waals surface area contributed by atoms with Crippen LogP contribution >= 0.6 is 0 Å². The van der Waals surface area contributed by atoms with Crippen LogP contribution in [0.2, 0.25) is 0 Å². The van der Waals surface area contributed by atoms with E-state index in [2.05, 4.69) is 24.0 Å². The van der Waals surface area contributed by atoms with Crippen LogP contribution < -0.4 is 9.64 Å². The molecule has 0 saturated heterocycles. The van der Waals surface area contributed by atoms with E-state index in [9.17, 15) is 4.79 Å². The summed E-state index contributed by atoms with van der Waals surface area (Å²) in [5.74, 6) is 0.889. The third-order valence-corrected chi connectivity index (χ3v) is 2.69. The maximum absolute atomic E-state index is 10.6. The third kappa shape index (κ3) is 1.96. The zero-order valence-electron chi connectivity index (χ0n) is 8.90. The molecule has 0 spiro atoms. The second kappa shape index (κ2) is 4.34. The van der Waals surface area contributed by atoms with E-state index in [1.807, 2.05) is 6.07 Å². The van der Waals surface area contributed by atoms with E-state index in [4.69, 9.17) is 4.74 Å². The lowest BCUT2D eigenvalue weighted by atomic mass is 10.1. The van der Waals surface area contributed by atoms with Crippen molar-refractivity contribution >= 4 is 12.0 Å². The minimum absolute atomic E-state index is 0.448. The Morgan fingerprint density at radius 3 is 3.13 bits per heavy atom. The molecule has 0 radical (unpaired) electrons. The second-order valence-electron chi connectivity index (χ2n) is 3.62. The molecule has 0 N–H and O–H groups in total.